The van der Waals surface area contributed by atoms with Crippen LogP contribution in [-0.2, 0) is 22.4 Å². The van der Waals surface area contributed by atoms with E-state index in [9.17, 15) is 19.2 Å². The van der Waals surface area contributed by atoms with Gasteiger partial charge in [0, 0.05) is 4.88 Å². The molecule has 1 aromatic carbocycles. The van der Waals surface area contributed by atoms with Crippen molar-refractivity contribution in [2.45, 2.75) is 26.2 Å². The van der Waals surface area contributed by atoms with Crippen molar-refractivity contribution in [1.29, 1.82) is 5.26 Å². The van der Waals surface area contributed by atoms with E-state index in [0.29, 0.717) is 16.5 Å². The van der Waals surface area contributed by atoms with Crippen LogP contribution >= 0.6 is 11.3 Å². The predicted molar refractivity (Wildman–Crippen MR) is 95.5 cm³/mol. The largest absolute Gasteiger partial charge is 0.452 e. The number of anilines is 1. The van der Waals surface area contributed by atoms with Gasteiger partial charge in [-0.05, 0) is 55.0 Å². The minimum atomic E-state index is -0.708. The van der Waals surface area contributed by atoms with Crippen molar-refractivity contribution in [2.24, 2.45) is 5.92 Å². The molecule has 1 aromatic heterocycles. The first-order valence-corrected chi connectivity index (χ1v) is 9.06. The van der Waals surface area contributed by atoms with Crippen LogP contribution in [0.5, 0.6) is 0 Å². The van der Waals surface area contributed by atoms with Gasteiger partial charge in [-0.2, -0.15) is 5.26 Å². The summed E-state index contributed by atoms with van der Waals surface area (Å²) in [6.07, 6.45) is 2.77. The number of benzene rings is 1. The number of carbonyl (C=O) groups excluding carboxylic acids is 2. The van der Waals surface area contributed by atoms with Crippen LogP contribution in [0, 0.1) is 23.1 Å². The normalized spacial score (nSPS) is 15.7. The minimum absolute atomic E-state index is 0.164. The van der Waals surface area contributed by atoms with E-state index in [-0.39, 0.29) is 5.56 Å². The van der Waals surface area contributed by atoms with Crippen LogP contribution in [0.2, 0.25) is 0 Å². The summed E-state index contributed by atoms with van der Waals surface area (Å²) >= 11 is 1.41. The van der Waals surface area contributed by atoms with Crippen molar-refractivity contribution in [1.82, 2.24) is 0 Å². The van der Waals surface area contributed by atoms with Crippen LogP contribution in [-0.4, -0.2) is 18.5 Å². The molecule has 1 aliphatic carbocycles. The Balaban J connectivity index is 1.63. The van der Waals surface area contributed by atoms with Gasteiger partial charge in [-0.1, -0.05) is 6.92 Å². The monoisotopic (exact) mass is 372 g/mol. The second kappa shape index (κ2) is 7.67. The molecular formula is C19H17FN2O3S. The molecule has 0 saturated carbocycles. The third-order valence-corrected chi connectivity index (χ3v) is 5.46. The maximum Gasteiger partial charge on any atom is 0.338 e. The zero-order valence-electron chi connectivity index (χ0n) is 14.2. The Kier molecular flexibility index (Phi) is 5.33. The minimum Gasteiger partial charge on any atom is -0.452 e. The Bertz CT molecular complexity index is 883. The number of amides is 1. The fourth-order valence-electron chi connectivity index (χ4n) is 2.92. The molecule has 0 radical (unpaired) electrons. The zero-order chi connectivity index (χ0) is 18.7. The fraction of sp³-hybridized carbons (Fsp3) is 0.316. The Hall–Kier alpha value is -2.72. The molecule has 0 fully saturated rings. The lowest BCUT2D eigenvalue weighted by Gasteiger charge is -2.17. The molecule has 3 rings (SSSR count). The second-order valence-corrected chi connectivity index (χ2v) is 7.40. The SMILES string of the molecule is C[C@H]1CCc2c(sc(NC(=O)COC(=O)c3ccc(F)cc3)c2C#N)C1. The van der Waals surface area contributed by atoms with Gasteiger partial charge in [-0.15, -0.1) is 11.3 Å². The number of hydrogen-bond donors (Lipinski definition) is 1. The van der Waals surface area contributed by atoms with Crippen molar-refractivity contribution < 1.29 is 18.7 Å². The van der Waals surface area contributed by atoms with E-state index in [1.165, 1.54) is 23.5 Å². The number of esters is 1. The molecule has 2 aromatic rings. The lowest BCUT2D eigenvalue weighted by molar-refractivity contribution is -0.119. The molecular weight excluding hydrogens is 355 g/mol. The Morgan fingerprint density at radius 2 is 2.12 bits per heavy atom. The molecule has 0 unspecified atom stereocenters. The van der Waals surface area contributed by atoms with E-state index in [1.54, 1.807) is 0 Å². The van der Waals surface area contributed by atoms with Crippen LogP contribution in [0.4, 0.5) is 9.39 Å². The van der Waals surface area contributed by atoms with Crippen LogP contribution < -0.4 is 5.32 Å². The lowest BCUT2D eigenvalue weighted by Crippen LogP contribution is -2.20. The smallest absolute Gasteiger partial charge is 0.338 e. The van der Waals surface area contributed by atoms with E-state index in [0.717, 1.165) is 41.8 Å². The van der Waals surface area contributed by atoms with Crippen molar-refractivity contribution in [3.63, 3.8) is 0 Å². The van der Waals surface area contributed by atoms with Gasteiger partial charge in [0.2, 0.25) is 0 Å². The van der Waals surface area contributed by atoms with Crippen molar-refractivity contribution >= 4 is 28.2 Å². The first-order valence-electron chi connectivity index (χ1n) is 8.25. The summed E-state index contributed by atoms with van der Waals surface area (Å²) in [4.78, 5) is 25.1. The third-order valence-electron chi connectivity index (χ3n) is 4.29. The van der Waals surface area contributed by atoms with E-state index in [4.69, 9.17) is 4.74 Å². The highest BCUT2D eigenvalue weighted by molar-refractivity contribution is 7.16. The summed E-state index contributed by atoms with van der Waals surface area (Å²) < 4.78 is 17.8. The summed E-state index contributed by atoms with van der Waals surface area (Å²) in [5.41, 5.74) is 1.70. The third kappa shape index (κ3) is 3.92. The number of halogens is 1. The highest BCUT2D eigenvalue weighted by Crippen LogP contribution is 2.39. The summed E-state index contributed by atoms with van der Waals surface area (Å²) in [7, 11) is 0. The predicted octanol–water partition coefficient (Wildman–Crippen LogP) is 3.68. The molecule has 1 heterocycles. The van der Waals surface area contributed by atoms with Crippen LogP contribution in [0.1, 0.15) is 39.7 Å². The summed E-state index contributed by atoms with van der Waals surface area (Å²) in [5, 5.41) is 12.6. The molecule has 0 saturated heterocycles. The Morgan fingerprint density at radius 1 is 1.38 bits per heavy atom. The molecule has 7 heteroatoms. The molecule has 0 spiro atoms. The van der Waals surface area contributed by atoms with Crippen LogP contribution in [0.3, 0.4) is 0 Å². The molecule has 1 N–H and O–H groups in total. The molecule has 1 aliphatic rings. The van der Waals surface area contributed by atoms with Crippen molar-refractivity contribution in [3.05, 3.63) is 51.7 Å². The number of ether oxygens (including phenoxy) is 1. The van der Waals surface area contributed by atoms with Gasteiger partial charge >= 0.3 is 5.97 Å². The first kappa shape index (κ1) is 18.1. The van der Waals surface area contributed by atoms with E-state index >= 15 is 0 Å². The topological polar surface area (TPSA) is 79.2 Å². The summed E-state index contributed by atoms with van der Waals surface area (Å²) in [6.45, 7) is 1.70. The van der Waals surface area contributed by atoms with Crippen LogP contribution in [0.15, 0.2) is 24.3 Å². The molecule has 1 amide bonds. The van der Waals surface area contributed by atoms with Gasteiger partial charge < -0.3 is 10.1 Å². The van der Waals surface area contributed by atoms with Gasteiger partial charge in [0.05, 0.1) is 11.1 Å². The molecule has 0 bridgehead atoms. The van der Waals surface area contributed by atoms with E-state index < -0.39 is 24.3 Å². The average molecular weight is 372 g/mol. The molecule has 26 heavy (non-hydrogen) atoms. The van der Waals surface area contributed by atoms with Crippen LogP contribution in [0.25, 0.3) is 0 Å². The Labute approximate surface area is 154 Å². The maximum atomic E-state index is 12.9. The highest BCUT2D eigenvalue weighted by atomic mass is 32.1. The van der Waals surface area contributed by atoms with Gasteiger partial charge in [-0.3, -0.25) is 4.79 Å². The molecule has 5 nitrogen and oxygen atoms in total. The fourth-order valence-corrected chi connectivity index (χ4v) is 4.30. The summed E-state index contributed by atoms with van der Waals surface area (Å²) in [5.74, 6) is -1.12. The quantitative estimate of drug-likeness (QED) is 0.831. The van der Waals surface area contributed by atoms with Crippen molar-refractivity contribution in [3.8, 4) is 6.07 Å². The second-order valence-electron chi connectivity index (χ2n) is 6.30. The number of nitrogens with zero attached hydrogens (tertiary/aromatic N) is 1. The molecule has 1 atom stereocenters. The van der Waals surface area contributed by atoms with E-state index in [1.807, 2.05) is 0 Å². The lowest BCUT2D eigenvalue weighted by atomic mass is 9.89. The maximum absolute atomic E-state index is 12.9. The number of rotatable bonds is 4. The average Bonchev–Trinajstić information content (AvgIpc) is 2.96. The number of thiophene rings is 1. The van der Waals surface area contributed by atoms with E-state index in [2.05, 4.69) is 18.3 Å². The standard InChI is InChI=1S/C19H17FN2O3S/c1-11-2-7-14-15(9-21)18(26-16(14)8-11)22-17(23)10-25-19(24)12-3-5-13(20)6-4-12/h3-6,11H,2,7-8,10H2,1H3,(H,22,23)/t11-/m0/s1. The molecule has 134 valence electrons. The first-order chi connectivity index (χ1) is 12.5. The number of carbonyl (C=O) groups is 2. The Morgan fingerprint density at radius 3 is 2.81 bits per heavy atom. The zero-order valence-corrected chi connectivity index (χ0v) is 15.0. The number of fused-ring (bicyclic) bond motifs is 1. The summed E-state index contributed by atoms with van der Waals surface area (Å²) in [6, 6.07) is 7.04. The van der Waals surface area contributed by atoms with Gasteiger partial charge in [-0.25, -0.2) is 9.18 Å². The number of hydrogen-bond acceptors (Lipinski definition) is 5. The molecule has 0 aliphatic heterocycles. The number of nitrogens with one attached hydrogen (secondary N) is 1. The van der Waals surface area contributed by atoms with Crippen molar-refractivity contribution in [2.75, 3.05) is 11.9 Å². The van der Waals surface area contributed by atoms with Gasteiger partial charge in [0.1, 0.15) is 16.9 Å². The number of nitriles is 1. The van der Waals surface area contributed by atoms with Gasteiger partial charge in [0.15, 0.2) is 6.61 Å². The van der Waals surface area contributed by atoms with Gasteiger partial charge in [0.25, 0.3) is 5.91 Å². The highest BCUT2D eigenvalue weighted by Gasteiger charge is 2.24.